The monoisotopic (exact) mass is 969 g/mol. The molecule has 0 amide bonds. The summed E-state index contributed by atoms with van der Waals surface area (Å²) in [5, 5.41) is 72.1. The molecule has 0 aromatic heterocycles. The summed E-state index contributed by atoms with van der Waals surface area (Å²) in [6, 6.07) is 0. The van der Waals surface area contributed by atoms with Gasteiger partial charge in [-0.25, -0.2) is 0 Å². The molecular weight excluding hydrogens is 877 g/mol. The van der Waals surface area contributed by atoms with Crippen LogP contribution in [0.2, 0.25) is 0 Å². The number of carbonyl (C=O) groups excluding carboxylic acids is 2. The van der Waals surface area contributed by atoms with Gasteiger partial charge in [0.05, 0.1) is 19.8 Å². The van der Waals surface area contributed by atoms with Crippen LogP contribution in [0.15, 0.2) is 48.6 Å². The first kappa shape index (κ1) is 61.6. The Morgan fingerprint density at radius 2 is 0.926 bits per heavy atom. The van der Waals surface area contributed by atoms with Crippen LogP contribution in [0.5, 0.6) is 0 Å². The number of aliphatic hydroxyl groups excluding tert-OH is 7. The van der Waals surface area contributed by atoms with Gasteiger partial charge in [-0.1, -0.05) is 146 Å². The third-order valence-electron chi connectivity index (χ3n) is 12.3. The van der Waals surface area contributed by atoms with Gasteiger partial charge in [0, 0.05) is 12.8 Å². The Kier molecular flexibility index (Phi) is 36.3. The van der Waals surface area contributed by atoms with Crippen molar-refractivity contribution in [2.75, 3.05) is 26.4 Å². The minimum atomic E-state index is -1.77. The fourth-order valence-corrected chi connectivity index (χ4v) is 7.99. The van der Waals surface area contributed by atoms with Gasteiger partial charge in [0.1, 0.15) is 55.4 Å². The van der Waals surface area contributed by atoms with Gasteiger partial charge in [0.2, 0.25) is 0 Å². The average molecular weight is 969 g/mol. The normalized spacial score (nSPS) is 26.1. The highest BCUT2D eigenvalue weighted by Gasteiger charge is 2.47. The standard InChI is InChI=1S/C53H92O15/c1-3-5-7-9-11-13-15-17-19-20-22-24-26-28-30-32-34-36-45(56)66-41(38-63-44(55)35-33-31-29-27-25-23-21-18-16-14-12-10-8-6-4-2)39-64-52-51(62)49(60)47(58)43(68-52)40-65-53-50(61)48(59)46(57)42(37-54)67-53/h5,7,11,13,17-19,21,41-43,46-54,57-62H,3-4,6,8-10,12,14-16,20,22-40H2,1-2H3/b7-5-,13-11-,19-17-,21-18-. The first-order valence-corrected chi connectivity index (χ1v) is 26.2. The van der Waals surface area contributed by atoms with Gasteiger partial charge in [0.15, 0.2) is 18.7 Å². The first-order chi connectivity index (χ1) is 33.0. The number of ether oxygens (including phenoxy) is 6. The summed E-state index contributed by atoms with van der Waals surface area (Å²) in [5.41, 5.74) is 0. The molecule has 0 radical (unpaired) electrons. The van der Waals surface area contributed by atoms with E-state index in [1.807, 2.05) is 0 Å². The zero-order valence-electron chi connectivity index (χ0n) is 41.6. The van der Waals surface area contributed by atoms with E-state index in [0.717, 1.165) is 103 Å². The van der Waals surface area contributed by atoms with Crippen LogP contribution in [-0.2, 0) is 38.0 Å². The molecule has 11 unspecified atom stereocenters. The molecule has 2 aliphatic heterocycles. The van der Waals surface area contributed by atoms with Gasteiger partial charge < -0.3 is 64.2 Å². The maximum Gasteiger partial charge on any atom is 0.306 e. The summed E-state index contributed by atoms with van der Waals surface area (Å²) >= 11 is 0. The molecule has 0 aromatic carbocycles. The van der Waals surface area contributed by atoms with Crippen molar-refractivity contribution in [2.24, 2.45) is 0 Å². The van der Waals surface area contributed by atoms with Gasteiger partial charge in [-0.05, 0) is 70.6 Å². The van der Waals surface area contributed by atoms with E-state index in [0.29, 0.717) is 12.8 Å². The van der Waals surface area contributed by atoms with E-state index in [1.165, 1.54) is 38.5 Å². The maximum atomic E-state index is 13.0. The molecule has 2 heterocycles. The molecule has 2 fully saturated rings. The highest BCUT2D eigenvalue weighted by atomic mass is 16.7. The zero-order chi connectivity index (χ0) is 49.6. The van der Waals surface area contributed by atoms with Crippen molar-refractivity contribution in [3.8, 4) is 0 Å². The van der Waals surface area contributed by atoms with Gasteiger partial charge in [-0.3, -0.25) is 9.59 Å². The third kappa shape index (κ3) is 27.7. The summed E-state index contributed by atoms with van der Waals surface area (Å²) in [6.45, 7) is 2.46. The topological polar surface area (TPSA) is 231 Å². The minimum absolute atomic E-state index is 0.151. The first-order valence-electron chi connectivity index (χ1n) is 26.2. The maximum absolute atomic E-state index is 13.0. The van der Waals surface area contributed by atoms with Crippen LogP contribution in [0.4, 0.5) is 0 Å². The molecule has 0 bridgehead atoms. The van der Waals surface area contributed by atoms with E-state index in [4.69, 9.17) is 28.4 Å². The number of carbonyl (C=O) groups is 2. The number of rotatable bonds is 40. The van der Waals surface area contributed by atoms with E-state index < -0.39 is 92.7 Å². The van der Waals surface area contributed by atoms with Crippen LogP contribution in [0.25, 0.3) is 0 Å². The van der Waals surface area contributed by atoms with Crippen molar-refractivity contribution in [3.63, 3.8) is 0 Å². The third-order valence-corrected chi connectivity index (χ3v) is 12.3. The Bertz CT molecular complexity index is 1370. The Labute approximate surface area is 408 Å². The van der Waals surface area contributed by atoms with Crippen LogP contribution < -0.4 is 0 Å². The molecule has 2 rings (SSSR count). The summed E-state index contributed by atoms with van der Waals surface area (Å²) in [6.07, 6.45) is 27.0. The molecule has 15 heteroatoms. The highest BCUT2D eigenvalue weighted by Crippen LogP contribution is 2.26. The van der Waals surface area contributed by atoms with Crippen molar-refractivity contribution in [3.05, 3.63) is 48.6 Å². The van der Waals surface area contributed by atoms with Gasteiger partial charge >= 0.3 is 11.9 Å². The van der Waals surface area contributed by atoms with Gasteiger partial charge in [-0.2, -0.15) is 0 Å². The van der Waals surface area contributed by atoms with Crippen molar-refractivity contribution in [1.29, 1.82) is 0 Å². The Morgan fingerprint density at radius 3 is 1.47 bits per heavy atom. The molecule has 2 saturated heterocycles. The van der Waals surface area contributed by atoms with Gasteiger partial charge in [0.25, 0.3) is 0 Å². The number of allylic oxidation sites excluding steroid dienone is 8. The lowest BCUT2D eigenvalue weighted by Crippen LogP contribution is -2.61. The molecule has 68 heavy (non-hydrogen) atoms. The van der Waals surface area contributed by atoms with Crippen LogP contribution >= 0.6 is 0 Å². The smallest absolute Gasteiger partial charge is 0.306 e. The van der Waals surface area contributed by atoms with Crippen molar-refractivity contribution in [1.82, 2.24) is 0 Å². The number of esters is 2. The molecule has 0 aliphatic carbocycles. The van der Waals surface area contributed by atoms with Crippen LogP contribution in [0, 0.1) is 0 Å². The Balaban J connectivity index is 1.81. The number of hydrogen-bond acceptors (Lipinski definition) is 15. The second-order valence-corrected chi connectivity index (χ2v) is 18.3. The average Bonchev–Trinajstić information content (AvgIpc) is 3.33. The largest absolute Gasteiger partial charge is 0.462 e. The zero-order valence-corrected chi connectivity index (χ0v) is 41.6. The number of aliphatic hydroxyl groups is 7. The quantitative estimate of drug-likeness (QED) is 0.0179. The lowest BCUT2D eigenvalue weighted by molar-refractivity contribution is -0.332. The fourth-order valence-electron chi connectivity index (χ4n) is 7.99. The molecule has 0 spiro atoms. The lowest BCUT2D eigenvalue weighted by Gasteiger charge is -2.42. The molecule has 7 N–H and O–H groups in total. The highest BCUT2D eigenvalue weighted by molar-refractivity contribution is 5.70. The fraction of sp³-hybridized carbons (Fsp3) is 0.811. The van der Waals surface area contributed by atoms with Crippen molar-refractivity contribution < 1.29 is 73.8 Å². The van der Waals surface area contributed by atoms with E-state index >= 15 is 0 Å². The van der Waals surface area contributed by atoms with Crippen LogP contribution in [0.1, 0.15) is 181 Å². The summed E-state index contributed by atoms with van der Waals surface area (Å²) < 4.78 is 33.6. The summed E-state index contributed by atoms with van der Waals surface area (Å²) in [7, 11) is 0. The predicted octanol–water partition coefficient (Wildman–Crippen LogP) is 7.49. The van der Waals surface area contributed by atoms with Crippen molar-refractivity contribution in [2.45, 2.75) is 248 Å². The molecule has 15 nitrogen and oxygen atoms in total. The van der Waals surface area contributed by atoms with Crippen molar-refractivity contribution >= 4 is 11.9 Å². The predicted molar refractivity (Wildman–Crippen MR) is 261 cm³/mol. The van der Waals surface area contributed by atoms with E-state index in [-0.39, 0.29) is 26.1 Å². The van der Waals surface area contributed by atoms with E-state index in [1.54, 1.807) is 0 Å². The minimum Gasteiger partial charge on any atom is -0.462 e. The SMILES string of the molecule is CC/C=C\C/C=C\C/C=C\CCCCCCCCCC(=O)OC(COC(=O)CCCCCCC/C=C\CCCCCCCC)COC1OC(COC2OC(CO)C(O)C(O)C2O)C(O)C(O)C1O. The molecule has 394 valence electrons. The van der Waals surface area contributed by atoms with E-state index in [9.17, 15) is 45.3 Å². The molecule has 2 aliphatic rings. The Hall–Kier alpha value is -2.54. The van der Waals surface area contributed by atoms with Crippen LogP contribution in [-0.4, -0.2) is 142 Å². The second-order valence-electron chi connectivity index (χ2n) is 18.3. The number of unbranched alkanes of at least 4 members (excludes halogenated alkanes) is 18. The summed E-state index contributed by atoms with van der Waals surface area (Å²) in [5.74, 6) is -0.946. The Morgan fingerprint density at radius 1 is 0.485 bits per heavy atom. The van der Waals surface area contributed by atoms with Crippen LogP contribution in [0.3, 0.4) is 0 Å². The molecule has 0 aromatic rings. The van der Waals surface area contributed by atoms with Gasteiger partial charge in [-0.15, -0.1) is 0 Å². The number of hydrogen-bond donors (Lipinski definition) is 7. The van der Waals surface area contributed by atoms with E-state index in [2.05, 4.69) is 62.5 Å². The second kappa shape index (κ2) is 40.1. The summed E-state index contributed by atoms with van der Waals surface area (Å²) in [4.78, 5) is 25.8. The molecule has 11 atom stereocenters. The molecular formula is C53H92O15. The molecule has 0 saturated carbocycles. The lowest BCUT2D eigenvalue weighted by atomic mass is 9.98.